The molecule has 4 N–H and O–H groups in total. The van der Waals surface area contributed by atoms with Gasteiger partial charge in [0, 0.05) is 11.8 Å². The maximum Gasteiger partial charge on any atom is 0.259 e. The number of nitrogens with two attached hydrogens (primary N) is 1. The molecule has 100 valence electrons. The van der Waals surface area contributed by atoms with Gasteiger partial charge in [-0.15, -0.1) is 0 Å². The number of para-hydroxylation sites is 1. The van der Waals surface area contributed by atoms with Crippen LogP contribution >= 0.6 is 11.6 Å². The van der Waals surface area contributed by atoms with Gasteiger partial charge in [0.05, 0.1) is 16.3 Å². The quantitative estimate of drug-likeness (QED) is 0.752. The molecule has 1 aromatic carbocycles. The number of carbonyl (C=O) groups is 1. The molecule has 0 aliphatic rings. The Morgan fingerprint density at radius 3 is 3.05 bits per heavy atom. The third-order valence-electron chi connectivity index (χ3n) is 2.69. The third kappa shape index (κ3) is 3.06. The lowest BCUT2D eigenvalue weighted by atomic mass is 10.1. The summed E-state index contributed by atoms with van der Waals surface area (Å²) in [5, 5.41) is 9.94. The number of H-pyrrole nitrogens is 1. The van der Waals surface area contributed by atoms with E-state index in [2.05, 4.69) is 22.4 Å². The van der Waals surface area contributed by atoms with Crippen molar-refractivity contribution in [2.24, 2.45) is 0 Å². The van der Waals surface area contributed by atoms with E-state index >= 15 is 0 Å². The van der Waals surface area contributed by atoms with Crippen molar-refractivity contribution in [3.05, 3.63) is 40.5 Å². The van der Waals surface area contributed by atoms with Gasteiger partial charge in [0.2, 0.25) is 0 Å². The van der Waals surface area contributed by atoms with Gasteiger partial charge in [0.25, 0.3) is 5.91 Å². The number of aromatic amines is 1. The summed E-state index contributed by atoms with van der Waals surface area (Å²) in [6.45, 7) is 2.08. The van der Waals surface area contributed by atoms with Crippen molar-refractivity contribution in [1.29, 1.82) is 0 Å². The fraction of sp³-hybridized carbons (Fsp3) is 0.231. The number of aryl methyl sites for hydroxylation is 1. The van der Waals surface area contributed by atoms with Gasteiger partial charge >= 0.3 is 0 Å². The molecule has 0 radical (unpaired) electrons. The summed E-state index contributed by atoms with van der Waals surface area (Å²) in [4.78, 5) is 12.1. The van der Waals surface area contributed by atoms with Crippen LogP contribution in [0.5, 0.6) is 0 Å². The molecule has 5 nitrogen and oxygen atoms in total. The Morgan fingerprint density at radius 2 is 2.32 bits per heavy atom. The van der Waals surface area contributed by atoms with Crippen molar-refractivity contribution in [2.45, 2.75) is 19.8 Å². The lowest BCUT2D eigenvalue weighted by molar-refractivity contribution is 0.102. The summed E-state index contributed by atoms with van der Waals surface area (Å²) in [5.74, 6) is 0.155. The Balaban J connectivity index is 2.14. The van der Waals surface area contributed by atoms with Crippen LogP contribution in [0.2, 0.25) is 5.02 Å². The van der Waals surface area contributed by atoms with Crippen LogP contribution in [0.25, 0.3) is 0 Å². The molecule has 19 heavy (non-hydrogen) atoms. The van der Waals surface area contributed by atoms with Crippen LogP contribution in [-0.4, -0.2) is 16.1 Å². The number of hydrogen-bond acceptors (Lipinski definition) is 3. The Labute approximate surface area is 116 Å². The van der Waals surface area contributed by atoms with Crippen LogP contribution in [0.1, 0.15) is 29.4 Å². The molecule has 1 aromatic heterocycles. The normalized spacial score (nSPS) is 10.4. The summed E-state index contributed by atoms with van der Waals surface area (Å²) in [6.07, 6.45) is 1.90. The van der Waals surface area contributed by atoms with E-state index in [-0.39, 0.29) is 11.6 Å². The smallest absolute Gasteiger partial charge is 0.259 e. The number of anilines is 2. The van der Waals surface area contributed by atoms with E-state index in [1.54, 1.807) is 18.2 Å². The SMILES string of the molecule is CCCc1cc(NC(=O)c2cccc(Cl)c2N)n[nH]1. The molecule has 1 amide bonds. The summed E-state index contributed by atoms with van der Waals surface area (Å²) in [6, 6.07) is 6.75. The van der Waals surface area contributed by atoms with Gasteiger partial charge in [-0.25, -0.2) is 0 Å². The zero-order valence-electron chi connectivity index (χ0n) is 10.5. The average Bonchev–Trinajstić information content (AvgIpc) is 2.80. The van der Waals surface area contributed by atoms with Gasteiger partial charge in [-0.3, -0.25) is 9.89 Å². The van der Waals surface area contributed by atoms with Crippen LogP contribution in [0.3, 0.4) is 0 Å². The summed E-state index contributed by atoms with van der Waals surface area (Å²) in [7, 11) is 0. The van der Waals surface area contributed by atoms with E-state index in [1.165, 1.54) is 0 Å². The number of halogens is 1. The van der Waals surface area contributed by atoms with Crippen molar-refractivity contribution in [2.75, 3.05) is 11.1 Å². The molecule has 2 rings (SSSR count). The minimum absolute atomic E-state index is 0.269. The van der Waals surface area contributed by atoms with Crippen LogP contribution in [-0.2, 0) is 6.42 Å². The van der Waals surface area contributed by atoms with Gasteiger partial charge in [0.1, 0.15) is 0 Å². The van der Waals surface area contributed by atoms with Gasteiger partial charge in [0.15, 0.2) is 5.82 Å². The second-order valence-electron chi connectivity index (χ2n) is 4.18. The maximum atomic E-state index is 12.1. The average molecular weight is 279 g/mol. The van der Waals surface area contributed by atoms with Crippen LogP contribution in [0, 0.1) is 0 Å². The molecule has 0 aliphatic carbocycles. The number of rotatable bonds is 4. The number of nitrogen functional groups attached to an aromatic ring is 1. The number of carbonyl (C=O) groups excluding carboxylic acids is 1. The molecule has 2 aromatic rings. The first-order valence-corrected chi connectivity index (χ1v) is 6.39. The Hall–Kier alpha value is -2.01. The molecule has 6 heteroatoms. The van der Waals surface area contributed by atoms with Gasteiger partial charge in [-0.2, -0.15) is 5.10 Å². The number of hydrogen-bond donors (Lipinski definition) is 3. The molecule has 0 unspecified atom stereocenters. The fourth-order valence-electron chi connectivity index (χ4n) is 1.74. The van der Waals surface area contributed by atoms with Crippen LogP contribution < -0.4 is 11.1 Å². The summed E-state index contributed by atoms with van der Waals surface area (Å²) in [5.41, 5.74) is 7.36. The highest BCUT2D eigenvalue weighted by Crippen LogP contribution is 2.23. The first kappa shape index (κ1) is 13.4. The van der Waals surface area contributed by atoms with Crippen LogP contribution in [0.4, 0.5) is 11.5 Å². The highest BCUT2D eigenvalue weighted by molar-refractivity contribution is 6.34. The predicted octanol–water partition coefficient (Wildman–Crippen LogP) is 2.85. The molecule has 0 fully saturated rings. The highest BCUT2D eigenvalue weighted by Gasteiger charge is 2.13. The van der Waals surface area contributed by atoms with E-state index in [1.807, 2.05) is 6.07 Å². The van der Waals surface area contributed by atoms with Crippen LogP contribution in [0.15, 0.2) is 24.3 Å². The van der Waals surface area contributed by atoms with Crippen molar-refractivity contribution in [3.63, 3.8) is 0 Å². The molecule has 0 atom stereocenters. The molecule has 1 heterocycles. The number of benzene rings is 1. The summed E-state index contributed by atoms with van der Waals surface area (Å²) < 4.78 is 0. The fourth-order valence-corrected chi connectivity index (χ4v) is 1.92. The molecule has 0 aliphatic heterocycles. The zero-order valence-corrected chi connectivity index (χ0v) is 11.3. The lowest BCUT2D eigenvalue weighted by Crippen LogP contribution is -2.14. The number of nitrogens with zero attached hydrogens (tertiary/aromatic N) is 1. The molecule has 0 saturated carbocycles. The van der Waals surface area contributed by atoms with E-state index in [0.29, 0.717) is 16.4 Å². The first-order valence-electron chi connectivity index (χ1n) is 6.01. The molecule has 0 bridgehead atoms. The number of nitrogens with one attached hydrogen (secondary N) is 2. The maximum absolute atomic E-state index is 12.1. The molecule has 0 spiro atoms. The van der Waals surface area contributed by atoms with Crippen molar-refractivity contribution >= 4 is 29.0 Å². The van der Waals surface area contributed by atoms with Gasteiger partial charge in [-0.1, -0.05) is 31.0 Å². The molecular weight excluding hydrogens is 264 g/mol. The number of amides is 1. The second-order valence-corrected chi connectivity index (χ2v) is 4.59. The minimum Gasteiger partial charge on any atom is -0.397 e. The van der Waals surface area contributed by atoms with E-state index < -0.39 is 0 Å². The van der Waals surface area contributed by atoms with Gasteiger partial charge < -0.3 is 11.1 Å². The Bertz CT molecular complexity index is 594. The van der Waals surface area contributed by atoms with Crippen molar-refractivity contribution in [3.8, 4) is 0 Å². The van der Waals surface area contributed by atoms with E-state index in [4.69, 9.17) is 17.3 Å². The van der Waals surface area contributed by atoms with Gasteiger partial charge in [-0.05, 0) is 18.6 Å². The predicted molar refractivity (Wildman–Crippen MR) is 76.4 cm³/mol. The minimum atomic E-state index is -0.324. The monoisotopic (exact) mass is 278 g/mol. The largest absolute Gasteiger partial charge is 0.397 e. The van der Waals surface area contributed by atoms with E-state index in [9.17, 15) is 4.79 Å². The standard InChI is InChI=1S/C13H15ClN4O/c1-2-4-8-7-11(18-17-8)16-13(19)9-5-3-6-10(14)12(9)15/h3,5-7H,2,4,15H2,1H3,(H2,16,17,18,19). The lowest BCUT2D eigenvalue weighted by Gasteiger charge is -2.06. The summed E-state index contributed by atoms with van der Waals surface area (Å²) >= 11 is 5.88. The topological polar surface area (TPSA) is 83.8 Å². The zero-order chi connectivity index (χ0) is 13.8. The Morgan fingerprint density at radius 1 is 1.53 bits per heavy atom. The second kappa shape index (κ2) is 5.75. The first-order chi connectivity index (χ1) is 9.11. The third-order valence-corrected chi connectivity index (χ3v) is 3.02. The molecule has 0 saturated heterocycles. The van der Waals surface area contributed by atoms with Crippen molar-refractivity contribution in [1.82, 2.24) is 10.2 Å². The molecular formula is C13H15ClN4O. The van der Waals surface area contributed by atoms with Crippen molar-refractivity contribution < 1.29 is 4.79 Å². The number of aromatic nitrogens is 2. The highest BCUT2D eigenvalue weighted by atomic mass is 35.5. The Kier molecular flexibility index (Phi) is 4.06. The van der Waals surface area contributed by atoms with E-state index in [0.717, 1.165) is 18.5 Å².